The Hall–Kier alpha value is -7.40. The molecule has 4 N–H and O–H groups in total. The zero-order valence-electron chi connectivity index (χ0n) is 46.9. The van der Waals surface area contributed by atoms with E-state index in [1.807, 2.05) is 48.5 Å². The van der Waals surface area contributed by atoms with Crippen LogP contribution in [-0.4, -0.2) is 127 Å². The Morgan fingerprint density at radius 1 is 0.817 bits per heavy atom. The number of nitrogens with zero attached hydrogens (tertiary/aromatic N) is 1. The zero-order chi connectivity index (χ0) is 57.9. The lowest BCUT2D eigenvalue weighted by Gasteiger charge is -2.41. The van der Waals surface area contributed by atoms with Gasteiger partial charge in [0.25, 0.3) is 0 Å². The quantitative estimate of drug-likeness (QED) is 0.0220. The number of halogens is 1. The maximum atomic E-state index is 14.7. The first kappa shape index (κ1) is 59.2. The minimum atomic E-state index is -1.22. The first-order valence-electron chi connectivity index (χ1n) is 27.6. The van der Waals surface area contributed by atoms with Gasteiger partial charge in [0.05, 0.1) is 78.4 Å². The highest BCUT2D eigenvalue weighted by molar-refractivity contribution is 5.93. The first-order chi connectivity index (χ1) is 39.8. The highest BCUT2D eigenvalue weighted by Crippen LogP contribution is 2.57. The fraction of sp³-hybridized carbons (Fsp3) is 0.459. The molecule has 0 aromatic heterocycles. The number of aliphatic hydroxyl groups is 2. The van der Waals surface area contributed by atoms with Crippen LogP contribution in [0.1, 0.15) is 87.2 Å². The predicted molar refractivity (Wildman–Crippen MR) is 296 cm³/mol. The molecule has 1 aliphatic carbocycles. The number of anilines is 2. The number of cyclic esters (lactones) is 1. The van der Waals surface area contributed by atoms with Gasteiger partial charge in [0.1, 0.15) is 35.6 Å². The van der Waals surface area contributed by atoms with Crippen LogP contribution in [0.2, 0.25) is 0 Å². The Bertz CT molecular complexity index is 2980. The molecule has 9 rings (SSSR count). The first-order valence-corrected chi connectivity index (χ1v) is 27.6. The van der Waals surface area contributed by atoms with E-state index < -0.39 is 73.1 Å². The number of aliphatic hydroxyl groups excluding tert-OH is 2. The molecule has 9 atom stereocenters. The Morgan fingerprint density at radius 2 is 1.55 bits per heavy atom. The van der Waals surface area contributed by atoms with Gasteiger partial charge in [-0.1, -0.05) is 31.0 Å². The molecule has 2 amide bonds. The summed E-state index contributed by atoms with van der Waals surface area (Å²) in [6.07, 6.45) is -1.67. The van der Waals surface area contributed by atoms with E-state index in [-0.39, 0.29) is 57.1 Å². The molecule has 440 valence electrons. The van der Waals surface area contributed by atoms with Crippen LogP contribution in [-0.2, 0) is 44.6 Å². The summed E-state index contributed by atoms with van der Waals surface area (Å²) in [6, 6.07) is 26.1. The van der Waals surface area contributed by atoms with Gasteiger partial charge in [-0.3, -0.25) is 14.4 Å². The molecule has 2 saturated heterocycles. The van der Waals surface area contributed by atoms with E-state index in [0.29, 0.717) is 64.6 Å². The Kier molecular flexibility index (Phi) is 19.9. The number of para-hydroxylation sites is 1. The number of unbranched alkanes of at least 4 members (excludes halogenated alkanes) is 3. The van der Waals surface area contributed by atoms with Crippen molar-refractivity contribution in [2.45, 2.75) is 102 Å². The third-order valence-corrected chi connectivity index (χ3v) is 15.0. The van der Waals surface area contributed by atoms with Crippen molar-refractivity contribution in [2.75, 3.05) is 77.9 Å². The fourth-order valence-electron chi connectivity index (χ4n) is 11.0. The maximum absolute atomic E-state index is 14.7. The lowest BCUT2D eigenvalue weighted by atomic mass is 9.66. The molecule has 20 nitrogen and oxygen atoms in total. The van der Waals surface area contributed by atoms with Crippen LogP contribution >= 0.6 is 0 Å². The molecule has 21 heteroatoms. The second-order valence-corrected chi connectivity index (χ2v) is 20.4. The van der Waals surface area contributed by atoms with E-state index >= 15 is 0 Å². The molecule has 5 aromatic carbocycles. The molecule has 5 unspecified atom stereocenters. The van der Waals surface area contributed by atoms with Crippen molar-refractivity contribution in [3.8, 4) is 46.0 Å². The summed E-state index contributed by atoms with van der Waals surface area (Å²) >= 11 is 0. The van der Waals surface area contributed by atoms with Gasteiger partial charge >= 0.3 is 5.97 Å². The normalized spacial score (nSPS) is 21.3. The lowest BCUT2D eigenvalue weighted by molar-refractivity contribution is -0.306. The maximum Gasteiger partial charge on any atom is 0.310 e. The highest BCUT2D eigenvalue weighted by atomic mass is 19.1. The zero-order valence-corrected chi connectivity index (χ0v) is 46.9. The average Bonchev–Trinajstić information content (AvgIpc) is 3.84. The topological polar surface area (TPSA) is 230 Å². The summed E-state index contributed by atoms with van der Waals surface area (Å²) < 4.78 is 86.1. The number of ether oxygens (including phenoxy) is 12. The van der Waals surface area contributed by atoms with Crippen molar-refractivity contribution < 1.29 is 85.8 Å². The molecule has 5 aromatic rings. The van der Waals surface area contributed by atoms with Gasteiger partial charge < -0.3 is 82.6 Å². The Morgan fingerprint density at radius 3 is 2.26 bits per heavy atom. The molecular weight excluding hydrogens is 1070 g/mol. The van der Waals surface area contributed by atoms with Crippen molar-refractivity contribution in [3.05, 3.63) is 119 Å². The molecule has 3 aliphatic heterocycles. The van der Waals surface area contributed by atoms with Gasteiger partial charge in [-0.15, -0.1) is 0 Å². The second-order valence-electron chi connectivity index (χ2n) is 20.4. The van der Waals surface area contributed by atoms with Gasteiger partial charge in [-0.25, -0.2) is 4.39 Å². The van der Waals surface area contributed by atoms with Crippen LogP contribution in [0.5, 0.6) is 46.0 Å². The van der Waals surface area contributed by atoms with Crippen LogP contribution < -0.4 is 48.7 Å². The molecule has 0 saturated carbocycles. The van der Waals surface area contributed by atoms with Crippen molar-refractivity contribution >= 4 is 29.2 Å². The molecule has 0 radical (unpaired) electrons. The third kappa shape index (κ3) is 13.9. The van der Waals surface area contributed by atoms with Crippen LogP contribution in [0.3, 0.4) is 0 Å². The number of hydrogen-bond acceptors (Lipinski definition) is 18. The molecule has 4 aliphatic rings. The smallest absolute Gasteiger partial charge is 0.310 e. The molecule has 0 bridgehead atoms. The third-order valence-electron chi connectivity index (χ3n) is 15.0. The van der Waals surface area contributed by atoms with Gasteiger partial charge in [0, 0.05) is 43.6 Å². The molecule has 2 fully saturated rings. The Labute approximate surface area is 475 Å². The molecule has 0 spiro atoms. The molecule has 3 heterocycles. The van der Waals surface area contributed by atoms with E-state index in [9.17, 15) is 29.0 Å². The van der Waals surface area contributed by atoms with Crippen LogP contribution in [0.25, 0.3) is 0 Å². The number of benzene rings is 5. The van der Waals surface area contributed by atoms with E-state index in [2.05, 4.69) is 10.6 Å². The van der Waals surface area contributed by atoms with Gasteiger partial charge in [-0.2, -0.15) is 0 Å². The van der Waals surface area contributed by atoms with E-state index in [1.54, 1.807) is 45.2 Å². The van der Waals surface area contributed by atoms with Gasteiger partial charge in [0.2, 0.25) is 24.4 Å². The summed E-state index contributed by atoms with van der Waals surface area (Å²) in [5.41, 5.74) is 4.00. The number of nitrogens with one attached hydrogen (secondary N) is 2. The lowest BCUT2D eigenvalue weighted by Crippen LogP contribution is -2.52. The summed E-state index contributed by atoms with van der Waals surface area (Å²) in [4.78, 5) is 41.6. The summed E-state index contributed by atoms with van der Waals surface area (Å²) in [7, 11) is 4.58. The number of rotatable bonds is 27. The van der Waals surface area contributed by atoms with Crippen molar-refractivity contribution in [2.24, 2.45) is 11.8 Å². The minimum absolute atomic E-state index is 0.0128. The van der Waals surface area contributed by atoms with Crippen molar-refractivity contribution in [3.63, 3.8) is 0 Å². The number of esters is 1. The standard InChI is InChI=1S/C61H72FN3O17/c1-35(67)65(47-27-40(62)16-19-49(47)82-41-14-10-9-11-15-41)30-39-24-42(71-4)17-18-46(39)63-21-12-7-8-13-22-64-55(69)20-23-74-60-52(72-5)25-38(26-53(60)73-6)56-43-28-50-51(78-34-77-50)29-44(43)58(45-32-76-61(70)57(45)56)81-37(3)79-54-33-75-36(2)80-59(54)48(68)31-66/h9-11,14-19,24-29,36-37,45,48,54,56-59,63,66,68H,7-8,12-13,20-23,30-34H2,1-6H3,(H,64,69)/t36?,37?,45-,48?,54?,56+,57-,58+,59?/m0/s1. The summed E-state index contributed by atoms with van der Waals surface area (Å²) in [5.74, 6) is 0.251. The number of carbonyl (C=O) groups excluding carboxylic acids is 3. The van der Waals surface area contributed by atoms with Crippen LogP contribution in [0.4, 0.5) is 15.8 Å². The Balaban J connectivity index is 0.778. The molecule has 82 heavy (non-hydrogen) atoms. The van der Waals surface area contributed by atoms with E-state index in [0.717, 1.165) is 48.1 Å². The average molecular weight is 1140 g/mol. The van der Waals surface area contributed by atoms with Crippen molar-refractivity contribution in [1.29, 1.82) is 0 Å². The number of fused-ring (bicyclic) bond motifs is 3. The number of hydrogen-bond donors (Lipinski definition) is 4. The number of methoxy groups -OCH3 is 3. The monoisotopic (exact) mass is 1140 g/mol. The minimum Gasteiger partial charge on any atom is -0.497 e. The number of carbonyl (C=O) groups is 3. The predicted octanol–water partition coefficient (Wildman–Crippen LogP) is 8.32. The fourth-order valence-corrected chi connectivity index (χ4v) is 11.0. The van der Waals surface area contributed by atoms with Gasteiger partial charge in [-0.05, 0) is 116 Å². The van der Waals surface area contributed by atoms with Crippen LogP contribution in [0.15, 0.2) is 91.0 Å². The summed E-state index contributed by atoms with van der Waals surface area (Å²) in [5, 5.41) is 26.8. The summed E-state index contributed by atoms with van der Waals surface area (Å²) in [6.45, 7) is 5.74. The van der Waals surface area contributed by atoms with Gasteiger partial charge in [0.15, 0.2) is 41.3 Å². The van der Waals surface area contributed by atoms with Crippen molar-refractivity contribution in [1.82, 2.24) is 5.32 Å². The van der Waals surface area contributed by atoms with E-state index in [4.69, 9.17) is 56.8 Å². The highest BCUT2D eigenvalue weighted by Gasteiger charge is 2.54. The van der Waals surface area contributed by atoms with E-state index in [1.165, 1.54) is 44.2 Å². The SMILES string of the molecule is COc1ccc(NCCCCCCNC(=O)CCOc2c(OC)cc([C@@H]3c4cc5c(cc4[C@@H](OC(C)OC4COC(C)OC4C(O)CO)[C@H]4COC(=O)[C@H]34)OCO5)cc2OC)c(CN(C(C)=O)c2cc(F)ccc2Oc2ccccc2)c1. The van der Waals surface area contributed by atoms with Crippen LogP contribution in [0, 0.1) is 17.7 Å². The molecular formula is C61H72FN3O17. The number of amides is 2. The largest absolute Gasteiger partial charge is 0.497 e. The second kappa shape index (κ2) is 27.6.